The van der Waals surface area contributed by atoms with Gasteiger partial charge < -0.3 is 10.2 Å². The van der Waals surface area contributed by atoms with E-state index in [9.17, 15) is 10.2 Å². The average molecular weight is 386 g/mol. The fourth-order valence-corrected chi connectivity index (χ4v) is 2.95. The van der Waals surface area contributed by atoms with Crippen LogP contribution < -0.4 is 0 Å². The smallest absolute Gasteiger partial charge is 0.0665 e. The van der Waals surface area contributed by atoms with Crippen molar-refractivity contribution in [1.82, 2.24) is 0 Å². The molecule has 0 radical (unpaired) electrons. The minimum absolute atomic E-state index is 0.156. The third-order valence-corrected chi connectivity index (χ3v) is 4.28. The Morgan fingerprint density at radius 2 is 1.21 bits per heavy atom. The molecule has 0 saturated heterocycles. The van der Waals surface area contributed by atoms with Crippen molar-refractivity contribution >= 4 is 31.9 Å². The van der Waals surface area contributed by atoms with Gasteiger partial charge in [0.05, 0.1) is 18.6 Å². The predicted octanol–water partition coefficient (Wildman–Crippen LogP) is 3.48. The minimum atomic E-state index is -0.798. The number of rotatable bonds is 4. The molecule has 0 fully saturated rings. The van der Waals surface area contributed by atoms with Gasteiger partial charge in [0.1, 0.15) is 0 Å². The summed E-state index contributed by atoms with van der Waals surface area (Å²) >= 11 is 6.85. The molecule has 0 amide bonds. The zero-order valence-electron chi connectivity index (χ0n) is 10.2. The van der Waals surface area contributed by atoms with Gasteiger partial charge >= 0.3 is 0 Å². The molecule has 2 aromatic rings. The number of benzene rings is 2. The monoisotopic (exact) mass is 384 g/mol. The number of aliphatic hydroxyl groups excluding tert-OH is 2. The van der Waals surface area contributed by atoms with Crippen molar-refractivity contribution in [3.05, 3.63) is 68.6 Å². The first-order valence-corrected chi connectivity index (χ1v) is 7.45. The van der Waals surface area contributed by atoms with Crippen LogP contribution in [-0.4, -0.2) is 23.4 Å². The van der Waals surface area contributed by atoms with Gasteiger partial charge in [-0.25, -0.2) is 0 Å². The molecule has 2 aromatic carbocycles. The lowest BCUT2D eigenvalue weighted by Gasteiger charge is -2.31. The Labute approximate surface area is 129 Å². The van der Waals surface area contributed by atoms with Gasteiger partial charge in [-0.2, -0.15) is 0 Å². The van der Waals surface area contributed by atoms with Crippen LogP contribution in [0.1, 0.15) is 11.1 Å². The third kappa shape index (κ3) is 2.92. The number of hydrogen-bond donors (Lipinski definition) is 2. The Kier molecular flexibility index (Phi) is 4.79. The van der Waals surface area contributed by atoms with Gasteiger partial charge in [-0.15, -0.1) is 0 Å². The molecule has 0 aliphatic heterocycles. The number of halogens is 2. The highest BCUT2D eigenvalue weighted by Crippen LogP contribution is 2.34. The van der Waals surface area contributed by atoms with Crippen LogP contribution in [0.2, 0.25) is 0 Å². The summed E-state index contributed by atoms with van der Waals surface area (Å²) in [5.41, 5.74) is 0.961. The molecule has 0 unspecified atom stereocenters. The summed E-state index contributed by atoms with van der Waals surface area (Å²) in [6.07, 6.45) is 0. The molecule has 0 saturated carbocycles. The molecule has 0 atom stereocenters. The largest absolute Gasteiger partial charge is 0.395 e. The fraction of sp³-hybridized carbons (Fsp3) is 0.200. The predicted molar refractivity (Wildman–Crippen MR) is 83.2 cm³/mol. The topological polar surface area (TPSA) is 40.5 Å². The molecule has 2 nitrogen and oxygen atoms in total. The summed E-state index contributed by atoms with van der Waals surface area (Å²) in [7, 11) is 0. The van der Waals surface area contributed by atoms with Gasteiger partial charge in [0.25, 0.3) is 0 Å². The van der Waals surface area contributed by atoms with Crippen LogP contribution in [0.4, 0.5) is 0 Å². The van der Waals surface area contributed by atoms with Crippen LogP contribution in [0.25, 0.3) is 0 Å². The second-order valence-corrected chi connectivity index (χ2v) is 6.25. The maximum atomic E-state index is 9.87. The quantitative estimate of drug-likeness (QED) is 0.845. The minimum Gasteiger partial charge on any atom is -0.395 e. The van der Waals surface area contributed by atoms with E-state index in [2.05, 4.69) is 31.9 Å². The zero-order chi connectivity index (χ0) is 13.9. The first-order chi connectivity index (χ1) is 9.12. The van der Waals surface area contributed by atoms with E-state index in [1.165, 1.54) is 0 Å². The molecule has 0 bridgehead atoms. The molecular formula is C15H14Br2O2. The van der Waals surface area contributed by atoms with Crippen LogP contribution in [0.3, 0.4) is 0 Å². The van der Waals surface area contributed by atoms with Crippen molar-refractivity contribution in [1.29, 1.82) is 0 Å². The van der Waals surface area contributed by atoms with Crippen LogP contribution in [0.15, 0.2) is 57.5 Å². The summed E-state index contributed by atoms with van der Waals surface area (Å²) in [6, 6.07) is 15.3. The van der Waals surface area contributed by atoms with E-state index < -0.39 is 5.41 Å². The van der Waals surface area contributed by atoms with Gasteiger partial charge in [0, 0.05) is 8.95 Å². The Morgan fingerprint density at radius 1 is 0.789 bits per heavy atom. The van der Waals surface area contributed by atoms with Crippen molar-refractivity contribution < 1.29 is 10.2 Å². The molecule has 19 heavy (non-hydrogen) atoms. The molecule has 2 rings (SSSR count). The lowest BCUT2D eigenvalue weighted by Crippen LogP contribution is -2.36. The van der Waals surface area contributed by atoms with Crippen LogP contribution in [-0.2, 0) is 5.41 Å². The van der Waals surface area contributed by atoms with Gasteiger partial charge in [0.2, 0.25) is 0 Å². The molecule has 2 N–H and O–H groups in total. The van der Waals surface area contributed by atoms with Crippen LogP contribution in [0.5, 0.6) is 0 Å². The van der Waals surface area contributed by atoms with E-state index in [4.69, 9.17) is 0 Å². The summed E-state index contributed by atoms with van der Waals surface area (Å²) in [5.74, 6) is 0. The normalized spacial score (nSPS) is 11.6. The van der Waals surface area contributed by atoms with E-state index >= 15 is 0 Å². The van der Waals surface area contributed by atoms with Gasteiger partial charge in [-0.3, -0.25) is 0 Å². The Morgan fingerprint density at radius 3 is 1.53 bits per heavy atom. The molecule has 0 aliphatic rings. The number of hydrogen-bond acceptors (Lipinski definition) is 2. The maximum absolute atomic E-state index is 9.87. The van der Waals surface area contributed by atoms with Crippen molar-refractivity contribution in [3.8, 4) is 0 Å². The first kappa shape index (κ1) is 14.7. The van der Waals surface area contributed by atoms with Crippen molar-refractivity contribution in [2.75, 3.05) is 13.2 Å². The standard InChI is InChI=1S/C15H14Br2O2/c16-13-5-1-3-11(7-13)15(9-18,10-19)12-4-2-6-14(17)8-12/h1-8,18-19H,9-10H2. The number of aliphatic hydroxyl groups is 2. The summed E-state index contributed by atoms with van der Waals surface area (Å²) < 4.78 is 1.84. The molecule has 0 aliphatic carbocycles. The lowest BCUT2D eigenvalue weighted by atomic mass is 9.76. The Balaban J connectivity index is 2.60. The van der Waals surface area contributed by atoms with E-state index in [0.29, 0.717) is 0 Å². The molecule has 0 heterocycles. The Bertz CT molecular complexity index is 518. The van der Waals surface area contributed by atoms with E-state index in [0.717, 1.165) is 20.1 Å². The van der Waals surface area contributed by atoms with Crippen molar-refractivity contribution in [3.63, 3.8) is 0 Å². The molecular weight excluding hydrogens is 372 g/mol. The van der Waals surface area contributed by atoms with Crippen molar-refractivity contribution in [2.45, 2.75) is 5.41 Å². The van der Waals surface area contributed by atoms with E-state index in [1.54, 1.807) is 0 Å². The highest BCUT2D eigenvalue weighted by molar-refractivity contribution is 9.10. The highest BCUT2D eigenvalue weighted by Gasteiger charge is 2.33. The summed E-state index contributed by atoms with van der Waals surface area (Å²) in [4.78, 5) is 0. The van der Waals surface area contributed by atoms with Crippen LogP contribution in [0, 0.1) is 0 Å². The van der Waals surface area contributed by atoms with Crippen LogP contribution >= 0.6 is 31.9 Å². The van der Waals surface area contributed by atoms with Gasteiger partial charge in [-0.1, -0.05) is 56.1 Å². The van der Waals surface area contributed by atoms with Gasteiger partial charge in [-0.05, 0) is 35.4 Å². The van der Waals surface area contributed by atoms with E-state index in [-0.39, 0.29) is 13.2 Å². The van der Waals surface area contributed by atoms with Gasteiger partial charge in [0.15, 0.2) is 0 Å². The highest BCUT2D eigenvalue weighted by atomic mass is 79.9. The summed E-state index contributed by atoms with van der Waals surface area (Å²) in [5, 5.41) is 19.7. The Hall–Kier alpha value is -0.680. The molecule has 0 spiro atoms. The zero-order valence-corrected chi connectivity index (χ0v) is 13.4. The molecule has 100 valence electrons. The third-order valence-electron chi connectivity index (χ3n) is 3.29. The van der Waals surface area contributed by atoms with E-state index in [1.807, 2.05) is 48.5 Å². The van der Waals surface area contributed by atoms with Crippen molar-refractivity contribution in [2.24, 2.45) is 0 Å². The first-order valence-electron chi connectivity index (χ1n) is 5.86. The molecule has 0 aromatic heterocycles. The summed E-state index contributed by atoms with van der Waals surface area (Å²) in [6.45, 7) is -0.313. The average Bonchev–Trinajstić information content (AvgIpc) is 2.41. The second-order valence-electron chi connectivity index (χ2n) is 4.42. The lowest BCUT2D eigenvalue weighted by molar-refractivity contribution is 0.143. The SMILES string of the molecule is OCC(CO)(c1cccc(Br)c1)c1cccc(Br)c1. The second kappa shape index (κ2) is 6.18. The maximum Gasteiger partial charge on any atom is 0.0665 e. The fourth-order valence-electron chi connectivity index (χ4n) is 2.15. The molecule has 4 heteroatoms.